The highest BCUT2D eigenvalue weighted by Crippen LogP contribution is 2.12. The van der Waals surface area contributed by atoms with Gasteiger partial charge in [-0.1, -0.05) is 24.3 Å². The van der Waals surface area contributed by atoms with Crippen LogP contribution < -0.4 is 11.0 Å². The lowest BCUT2D eigenvalue weighted by Crippen LogP contribution is -2.34. The summed E-state index contributed by atoms with van der Waals surface area (Å²) in [6.07, 6.45) is 0.537. The Kier molecular flexibility index (Phi) is 4.97. The third-order valence-corrected chi connectivity index (χ3v) is 4.17. The molecule has 0 fully saturated rings. The van der Waals surface area contributed by atoms with Crippen LogP contribution in [0.3, 0.4) is 0 Å². The molecule has 0 unspecified atom stereocenters. The largest absolute Gasteiger partial charge is 0.354 e. The minimum Gasteiger partial charge on any atom is -0.354 e. The van der Waals surface area contributed by atoms with E-state index in [1.165, 1.54) is 16.7 Å². The maximum atomic E-state index is 13.1. The number of para-hydroxylation sites is 2. The second-order valence-electron chi connectivity index (χ2n) is 5.83. The van der Waals surface area contributed by atoms with Crippen LogP contribution in [-0.4, -0.2) is 21.6 Å². The van der Waals surface area contributed by atoms with Gasteiger partial charge in [-0.3, -0.25) is 13.9 Å². The molecule has 0 aliphatic heterocycles. The molecule has 1 heterocycles. The molecule has 0 atom stereocenters. The molecule has 0 radical (unpaired) electrons. The van der Waals surface area contributed by atoms with E-state index in [2.05, 4.69) is 5.32 Å². The lowest BCUT2D eigenvalue weighted by molar-refractivity contribution is -0.121. The molecule has 1 aromatic heterocycles. The minimum atomic E-state index is -0.289. The van der Waals surface area contributed by atoms with Gasteiger partial charge in [0.1, 0.15) is 12.4 Å². The Morgan fingerprint density at radius 2 is 1.80 bits per heavy atom. The lowest BCUT2D eigenvalue weighted by Gasteiger charge is -2.06. The van der Waals surface area contributed by atoms with E-state index in [4.69, 9.17) is 0 Å². The zero-order chi connectivity index (χ0) is 17.8. The molecule has 0 saturated heterocycles. The summed E-state index contributed by atoms with van der Waals surface area (Å²) in [6, 6.07) is 13.7. The Labute approximate surface area is 144 Å². The van der Waals surface area contributed by atoms with E-state index in [1.807, 2.05) is 37.3 Å². The summed E-state index contributed by atoms with van der Waals surface area (Å²) in [7, 11) is 0. The topological polar surface area (TPSA) is 56.0 Å². The number of carbonyl (C=O) groups excluding carboxylic acids is 1. The van der Waals surface area contributed by atoms with Crippen molar-refractivity contribution in [1.82, 2.24) is 14.5 Å². The molecule has 5 nitrogen and oxygen atoms in total. The number of rotatable bonds is 6. The van der Waals surface area contributed by atoms with Crippen molar-refractivity contribution < 1.29 is 9.18 Å². The number of halogens is 1. The summed E-state index contributed by atoms with van der Waals surface area (Å²) in [5, 5.41) is 2.79. The fraction of sp³-hybridized carbons (Fsp3) is 0.263. The van der Waals surface area contributed by atoms with E-state index in [-0.39, 0.29) is 24.0 Å². The zero-order valence-electron chi connectivity index (χ0n) is 14.0. The number of nitrogens with one attached hydrogen (secondary N) is 1. The smallest absolute Gasteiger partial charge is 0.329 e. The molecule has 0 saturated carbocycles. The number of aryl methyl sites for hydroxylation is 1. The molecule has 0 aliphatic rings. The van der Waals surface area contributed by atoms with Gasteiger partial charge in [-0.05, 0) is 43.2 Å². The van der Waals surface area contributed by atoms with Crippen LogP contribution in [0, 0.1) is 5.82 Å². The van der Waals surface area contributed by atoms with E-state index >= 15 is 0 Å². The monoisotopic (exact) mass is 341 g/mol. The fourth-order valence-electron chi connectivity index (χ4n) is 2.97. The first kappa shape index (κ1) is 17.0. The van der Waals surface area contributed by atoms with Gasteiger partial charge in [0, 0.05) is 13.1 Å². The third-order valence-electron chi connectivity index (χ3n) is 4.17. The van der Waals surface area contributed by atoms with Gasteiger partial charge < -0.3 is 5.32 Å². The second-order valence-corrected chi connectivity index (χ2v) is 5.83. The summed E-state index contributed by atoms with van der Waals surface area (Å²) in [5.41, 5.74) is 2.20. The average molecular weight is 341 g/mol. The van der Waals surface area contributed by atoms with Crippen LogP contribution in [0.2, 0.25) is 0 Å². The average Bonchev–Trinajstić information content (AvgIpc) is 2.86. The maximum Gasteiger partial charge on any atom is 0.329 e. The Hall–Kier alpha value is -2.89. The SMILES string of the molecule is CCn1c(=O)n(CC(=O)NCCc2cccc(F)c2)c2ccccc21. The molecular weight excluding hydrogens is 321 g/mol. The minimum absolute atomic E-state index is 0.0322. The highest BCUT2D eigenvalue weighted by Gasteiger charge is 2.14. The van der Waals surface area contributed by atoms with E-state index in [0.29, 0.717) is 19.5 Å². The van der Waals surface area contributed by atoms with Crippen LogP contribution >= 0.6 is 0 Å². The van der Waals surface area contributed by atoms with Crippen molar-refractivity contribution in [1.29, 1.82) is 0 Å². The third kappa shape index (κ3) is 3.63. The van der Waals surface area contributed by atoms with Crippen molar-refractivity contribution in [3.63, 3.8) is 0 Å². The first-order valence-corrected chi connectivity index (χ1v) is 8.29. The van der Waals surface area contributed by atoms with Crippen LogP contribution in [0.4, 0.5) is 4.39 Å². The predicted octanol–water partition coefficient (Wildman–Crippen LogP) is 2.32. The molecule has 0 bridgehead atoms. The molecule has 3 rings (SSSR count). The number of aromatic nitrogens is 2. The first-order valence-electron chi connectivity index (χ1n) is 8.29. The quantitative estimate of drug-likeness (QED) is 0.748. The first-order chi connectivity index (χ1) is 12.1. The zero-order valence-corrected chi connectivity index (χ0v) is 14.0. The van der Waals surface area contributed by atoms with Crippen LogP contribution in [0.15, 0.2) is 53.3 Å². The number of carbonyl (C=O) groups is 1. The van der Waals surface area contributed by atoms with Crippen molar-refractivity contribution in [2.75, 3.05) is 6.54 Å². The number of hydrogen-bond acceptors (Lipinski definition) is 2. The number of amides is 1. The lowest BCUT2D eigenvalue weighted by atomic mass is 10.1. The molecule has 2 aromatic carbocycles. The highest BCUT2D eigenvalue weighted by molar-refractivity contribution is 5.80. The van der Waals surface area contributed by atoms with E-state index < -0.39 is 0 Å². The van der Waals surface area contributed by atoms with Gasteiger partial charge in [0.05, 0.1) is 11.0 Å². The van der Waals surface area contributed by atoms with Gasteiger partial charge in [-0.15, -0.1) is 0 Å². The van der Waals surface area contributed by atoms with Crippen molar-refractivity contribution in [2.24, 2.45) is 0 Å². The van der Waals surface area contributed by atoms with Crippen molar-refractivity contribution in [3.8, 4) is 0 Å². The number of nitrogens with zero attached hydrogens (tertiary/aromatic N) is 2. The van der Waals surface area contributed by atoms with Crippen molar-refractivity contribution in [2.45, 2.75) is 26.4 Å². The van der Waals surface area contributed by atoms with E-state index in [9.17, 15) is 14.0 Å². The molecule has 1 N–H and O–H groups in total. The van der Waals surface area contributed by atoms with Crippen LogP contribution in [0.1, 0.15) is 12.5 Å². The van der Waals surface area contributed by atoms with Crippen molar-refractivity contribution in [3.05, 3.63) is 70.4 Å². The number of fused-ring (bicyclic) bond motifs is 1. The molecule has 6 heteroatoms. The van der Waals surface area contributed by atoms with Gasteiger partial charge in [0.25, 0.3) is 0 Å². The molecular formula is C19H20FN3O2. The second kappa shape index (κ2) is 7.34. The van der Waals surface area contributed by atoms with E-state index in [1.54, 1.807) is 10.6 Å². The normalized spacial score (nSPS) is 11.0. The fourth-order valence-corrected chi connectivity index (χ4v) is 2.97. The number of imidazole rings is 1. The molecule has 3 aromatic rings. The number of benzene rings is 2. The van der Waals surface area contributed by atoms with Gasteiger partial charge in [0.15, 0.2) is 0 Å². The van der Waals surface area contributed by atoms with Gasteiger partial charge >= 0.3 is 5.69 Å². The summed E-state index contributed by atoms with van der Waals surface area (Å²) in [6.45, 7) is 2.81. The van der Waals surface area contributed by atoms with Crippen LogP contribution in [-0.2, 0) is 24.3 Å². The summed E-state index contributed by atoms with van der Waals surface area (Å²) < 4.78 is 16.3. The van der Waals surface area contributed by atoms with Crippen molar-refractivity contribution >= 4 is 16.9 Å². The highest BCUT2D eigenvalue weighted by atomic mass is 19.1. The molecule has 130 valence electrons. The van der Waals surface area contributed by atoms with Gasteiger partial charge in [-0.2, -0.15) is 0 Å². The standard InChI is InChI=1S/C19H20FN3O2/c1-2-22-16-8-3-4-9-17(16)23(19(22)25)13-18(24)21-11-10-14-6-5-7-15(20)12-14/h3-9,12H,2,10-11,13H2,1H3,(H,21,24). The van der Waals surface area contributed by atoms with E-state index in [0.717, 1.165) is 16.6 Å². The molecule has 0 spiro atoms. The Morgan fingerprint density at radius 1 is 1.08 bits per heavy atom. The Balaban J connectivity index is 1.68. The van der Waals surface area contributed by atoms with Gasteiger partial charge in [0.2, 0.25) is 5.91 Å². The molecule has 1 amide bonds. The Bertz CT molecular complexity index is 959. The molecule has 25 heavy (non-hydrogen) atoms. The molecule has 0 aliphatic carbocycles. The van der Waals surface area contributed by atoms with Gasteiger partial charge in [-0.25, -0.2) is 9.18 Å². The number of hydrogen-bond donors (Lipinski definition) is 1. The maximum absolute atomic E-state index is 13.1. The Morgan fingerprint density at radius 3 is 2.48 bits per heavy atom. The van der Waals surface area contributed by atoms with Crippen LogP contribution in [0.5, 0.6) is 0 Å². The summed E-state index contributed by atoms with van der Waals surface area (Å²) >= 11 is 0. The van der Waals surface area contributed by atoms with Crippen LogP contribution in [0.25, 0.3) is 11.0 Å². The summed E-state index contributed by atoms with van der Waals surface area (Å²) in [4.78, 5) is 24.7. The predicted molar refractivity (Wildman–Crippen MR) is 95.0 cm³/mol. The summed E-state index contributed by atoms with van der Waals surface area (Å²) in [5.74, 6) is -0.528.